The Morgan fingerprint density at radius 1 is 1.59 bits per heavy atom. The van der Waals surface area contributed by atoms with Crippen LogP contribution in [-0.4, -0.2) is 31.8 Å². The molecule has 0 amide bonds. The number of para-hydroxylation sites is 1. The van der Waals surface area contributed by atoms with E-state index in [1.165, 1.54) is 7.11 Å². The minimum Gasteiger partial charge on any atom is -0.484 e. The van der Waals surface area contributed by atoms with Crippen molar-refractivity contribution in [2.24, 2.45) is 5.73 Å². The minimum absolute atomic E-state index is 0.111. The van der Waals surface area contributed by atoms with Gasteiger partial charge in [0.1, 0.15) is 11.7 Å². The van der Waals surface area contributed by atoms with Gasteiger partial charge in [-0.3, -0.25) is 0 Å². The third-order valence-corrected chi connectivity index (χ3v) is 2.86. The number of benzene rings is 1. The van der Waals surface area contributed by atoms with E-state index in [-0.39, 0.29) is 12.1 Å². The standard InChI is InChI=1S/C12H16N2O3/c1-7-10(6-13)17-11-8(12(15)16-2)4-3-5-9(11)14-7/h3-5,7,10,14H,6,13H2,1-2H3. The first kappa shape index (κ1) is 11.7. The molecule has 1 aliphatic rings. The molecule has 0 saturated heterocycles. The molecular formula is C12H16N2O3. The molecule has 1 aliphatic heterocycles. The van der Waals surface area contributed by atoms with Crippen molar-refractivity contribution in [3.8, 4) is 5.75 Å². The maximum Gasteiger partial charge on any atom is 0.341 e. The minimum atomic E-state index is -0.408. The first-order valence-corrected chi connectivity index (χ1v) is 5.52. The number of fused-ring (bicyclic) bond motifs is 1. The molecule has 0 fully saturated rings. The van der Waals surface area contributed by atoms with Crippen molar-refractivity contribution < 1.29 is 14.3 Å². The van der Waals surface area contributed by atoms with Crippen molar-refractivity contribution in [1.82, 2.24) is 0 Å². The Morgan fingerprint density at radius 3 is 3.00 bits per heavy atom. The van der Waals surface area contributed by atoms with Crippen LogP contribution in [0.15, 0.2) is 18.2 Å². The van der Waals surface area contributed by atoms with Crippen molar-refractivity contribution in [3.63, 3.8) is 0 Å². The lowest BCUT2D eigenvalue weighted by atomic mass is 10.1. The monoisotopic (exact) mass is 236 g/mol. The van der Waals surface area contributed by atoms with Gasteiger partial charge in [0.2, 0.25) is 0 Å². The number of carbonyl (C=O) groups excluding carboxylic acids is 1. The predicted molar refractivity (Wildman–Crippen MR) is 64.3 cm³/mol. The number of nitrogens with two attached hydrogens (primary N) is 1. The summed E-state index contributed by atoms with van der Waals surface area (Å²) in [5.74, 6) is 0.113. The third-order valence-electron chi connectivity index (χ3n) is 2.86. The molecule has 0 bridgehead atoms. The molecule has 5 nitrogen and oxygen atoms in total. The summed E-state index contributed by atoms with van der Waals surface area (Å²) in [5, 5.41) is 3.27. The van der Waals surface area contributed by atoms with E-state index in [1.54, 1.807) is 12.1 Å². The van der Waals surface area contributed by atoms with Gasteiger partial charge in [-0.25, -0.2) is 4.79 Å². The predicted octanol–water partition coefficient (Wildman–Crippen LogP) is 0.993. The van der Waals surface area contributed by atoms with Crippen LogP contribution in [-0.2, 0) is 4.74 Å². The Bertz CT molecular complexity index is 434. The van der Waals surface area contributed by atoms with E-state index in [0.717, 1.165) is 5.69 Å². The molecule has 1 aromatic rings. The molecule has 0 saturated carbocycles. The number of ether oxygens (including phenoxy) is 2. The smallest absolute Gasteiger partial charge is 0.341 e. The number of nitrogens with one attached hydrogen (secondary N) is 1. The van der Waals surface area contributed by atoms with Crippen LogP contribution in [0.1, 0.15) is 17.3 Å². The number of carbonyl (C=O) groups is 1. The highest BCUT2D eigenvalue weighted by Crippen LogP contribution is 2.34. The first-order valence-electron chi connectivity index (χ1n) is 5.52. The summed E-state index contributed by atoms with van der Waals surface area (Å²) in [5.41, 5.74) is 6.84. The van der Waals surface area contributed by atoms with Gasteiger partial charge in [-0.1, -0.05) is 6.07 Å². The van der Waals surface area contributed by atoms with Crippen LogP contribution in [0.5, 0.6) is 5.75 Å². The Labute approximate surface area is 99.9 Å². The zero-order valence-corrected chi connectivity index (χ0v) is 9.90. The van der Waals surface area contributed by atoms with Crippen molar-refractivity contribution in [2.45, 2.75) is 19.1 Å². The van der Waals surface area contributed by atoms with Gasteiger partial charge in [0.05, 0.1) is 18.8 Å². The van der Waals surface area contributed by atoms with E-state index in [1.807, 2.05) is 13.0 Å². The molecule has 92 valence electrons. The second kappa shape index (κ2) is 4.63. The molecule has 1 aromatic carbocycles. The molecule has 0 spiro atoms. The molecule has 2 atom stereocenters. The van der Waals surface area contributed by atoms with Crippen molar-refractivity contribution >= 4 is 11.7 Å². The quantitative estimate of drug-likeness (QED) is 0.749. The van der Waals surface area contributed by atoms with Gasteiger partial charge in [0.25, 0.3) is 0 Å². The second-order valence-corrected chi connectivity index (χ2v) is 4.00. The van der Waals surface area contributed by atoms with Crippen molar-refractivity contribution in [1.29, 1.82) is 0 Å². The summed E-state index contributed by atoms with van der Waals surface area (Å²) < 4.78 is 10.5. The van der Waals surface area contributed by atoms with Gasteiger partial charge >= 0.3 is 5.97 Å². The lowest BCUT2D eigenvalue weighted by molar-refractivity contribution is 0.0591. The number of rotatable bonds is 2. The summed E-state index contributed by atoms with van der Waals surface area (Å²) in [6.45, 7) is 2.38. The maximum absolute atomic E-state index is 11.6. The van der Waals surface area contributed by atoms with E-state index in [4.69, 9.17) is 15.2 Å². The summed E-state index contributed by atoms with van der Waals surface area (Å²) in [6.07, 6.45) is -0.145. The summed E-state index contributed by atoms with van der Waals surface area (Å²) in [6, 6.07) is 5.44. The zero-order valence-electron chi connectivity index (χ0n) is 9.90. The van der Waals surface area contributed by atoms with Crippen molar-refractivity contribution in [3.05, 3.63) is 23.8 Å². The summed E-state index contributed by atoms with van der Waals surface area (Å²) in [7, 11) is 1.35. The van der Waals surface area contributed by atoms with Crippen LogP contribution in [0.3, 0.4) is 0 Å². The average molecular weight is 236 g/mol. The Balaban J connectivity index is 2.41. The highest BCUT2D eigenvalue weighted by Gasteiger charge is 2.28. The Kier molecular flexibility index (Phi) is 3.19. The van der Waals surface area contributed by atoms with Gasteiger partial charge in [-0.15, -0.1) is 0 Å². The molecule has 0 aromatic heterocycles. The van der Waals surface area contributed by atoms with Crippen LogP contribution in [0.4, 0.5) is 5.69 Å². The molecule has 5 heteroatoms. The Morgan fingerprint density at radius 2 is 2.35 bits per heavy atom. The van der Waals surface area contributed by atoms with E-state index < -0.39 is 5.97 Å². The number of methoxy groups -OCH3 is 1. The normalized spacial score (nSPS) is 22.1. The van der Waals surface area contributed by atoms with Gasteiger partial charge < -0.3 is 20.5 Å². The molecule has 0 radical (unpaired) electrons. The number of esters is 1. The largest absolute Gasteiger partial charge is 0.484 e. The number of anilines is 1. The van der Waals surface area contributed by atoms with E-state index in [2.05, 4.69) is 5.32 Å². The molecule has 2 rings (SSSR count). The number of hydrogen-bond donors (Lipinski definition) is 2. The third kappa shape index (κ3) is 2.06. The molecule has 1 heterocycles. The lowest BCUT2D eigenvalue weighted by Crippen LogP contribution is -2.44. The molecule has 3 N–H and O–H groups in total. The lowest BCUT2D eigenvalue weighted by Gasteiger charge is -2.33. The highest BCUT2D eigenvalue weighted by molar-refractivity contribution is 5.95. The van der Waals surface area contributed by atoms with Gasteiger partial charge in [-0.2, -0.15) is 0 Å². The summed E-state index contributed by atoms with van der Waals surface area (Å²) >= 11 is 0. The Hall–Kier alpha value is -1.75. The highest BCUT2D eigenvalue weighted by atomic mass is 16.5. The first-order chi connectivity index (χ1) is 8.17. The summed E-state index contributed by atoms with van der Waals surface area (Å²) in [4.78, 5) is 11.6. The van der Waals surface area contributed by atoms with Crippen molar-refractivity contribution in [2.75, 3.05) is 19.0 Å². The van der Waals surface area contributed by atoms with Crippen LogP contribution < -0.4 is 15.8 Å². The fraction of sp³-hybridized carbons (Fsp3) is 0.417. The molecule has 17 heavy (non-hydrogen) atoms. The average Bonchev–Trinajstić information content (AvgIpc) is 2.36. The fourth-order valence-electron chi connectivity index (χ4n) is 1.89. The topological polar surface area (TPSA) is 73.6 Å². The molecule has 2 unspecified atom stereocenters. The SMILES string of the molecule is COC(=O)c1cccc2c1OC(CN)C(C)N2. The zero-order chi connectivity index (χ0) is 12.4. The fourth-order valence-corrected chi connectivity index (χ4v) is 1.89. The number of hydrogen-bond acceptors (Lipinski definition) is 5. The van der Waals surface area contributed by atoms with Crippen LogP contribution in [0, 0.1) is 0 Å². The second-order valence-electron chi connectivity index (χ2n) is 4.00. The van der Waals surface area contributed by atoms with Crippen LogP contribution in [0.2, 0.25) is 0 Å². The molecular weight excluding hydrogens is 220 g/mol. The van der Waals surface area contributed by atoms with Crippen LogP contribution in [0.25, 0.3) is 0 Å². The molecule has 0 aliphatic carbocycles. The van der Waals surface area contributed by atoms with E-state index in [0.29, 0.717) is 17.9 Å². The van der Waals surface area contributed by atoms with E-state index in [9.17, 15) is 4.79 Å². The van der Waals surface area contributed by atoms with Gasteiger partial charge in [0, 0.05) is 6.54 Å². The maximum atomic E-state index is 11.6. The van der Waals surface area contributed by atoms with Crippen LogP contribution >= 0.6 is 0 Å². The van der Waals surface area contributed by atoms with E-state index >= 15 is 0 Å². The van der Waals surface area contributed by atoms with Gasteiger partial charge in [0.15, 0.2) is 5.75 Å². The van der Waals surface area contributed by atoms with Gasteiger partial charge in [-0.05, 0) is 19.1 Å².